The Bertz CT molecular complexity index is 437. The van der Waals surface area contributed by atoms with Crippen LogP contribution in [0, 0.1) is 0 Å². The number of hydrogen-bond donors (Lipinski definition) is 0. The van der Waals surface area contributed by atoms with Crippen LogP contribution in [0.1, 0.15) is 22.8 Å². The standard InChI is InChI=1S/C12H10Cl2O/c1-12(11(13)14)7-6-10(15)8-4-2-3-5-9(8)12/h2-7,11H,1H3/t12-/m0/s1. The Hall–Kier alpha value is -0.790. The minimum absolute atomic E-state index is 0.0112. The van der Waals surface area contributed by atoms with Crippen LogP contribution in [0.15, 0.2) is 36.4 Å². The number of rotatable bonds is 1. The number of carbonyl (C=O) groups is 1. The molecular formula is C12H10Cl2O. The van der Waals surface area contributed by atoms with E-state index in [1.54, 1.807) is 18.2 Å². The molecule has 3 heteroatoms. The van der Waals surface area contributed by atoms with Gasteiger partial charge in [-0.2, -0.15) is 0 Å². The minimum Gasteiger partial charge on any atom is -0.289 e. The summed E-state index contributed by atoms with van der Waals surface area (Å²) in [4.78, 5) is 11.1. The van der Waals surface area contributed by atoms with Crippen molar-refractivity contribution < 1.29 is 4.79 Å². The van der Waals surface area contributed by atoms with E-state index in [1.165, 1.54) is 0 Å². The van der Waals surface area contributed by atoms with Gasteiger partial charge in [-0.3, -0.25) is 4.79 Å². The molecule has 0 saturated heterocycles. The first kappa shape index (κ1) is 10.7. The molecule has 0 N–H and O–H groups in total. The number of hydrogen-bond acceptors (Lipinski definition) is 1. The third-order valence-corrected chi connectivity index (χ3v) is 3.71. The molecule has 0 radical (unpaired) electrons. The van der Waals surface area contributed by atoms with Gasteiger partial charge < -0.3 is 0 Å². The molecule has 0 saturated carbocycles. The molecule has 1 atom stereocenters. The van der Waals surface area contributed by atoms with Crippen LogP contribution in [-0.2, 0) is 5.41 Å². The largest absolute Gasteiger partial charge is 0.289 e. The highest BCUT2D eigenvalue weighted by molar-refractivity contribution is 6.45. The highest BCUT2D eigenvalue weighted by Crippen LogP contribution is 2.39. The minimum atomic E-state index is -0.567. The molecule has 15 heavy (non-hydrogen) atoms. The van der Waals surface area contributed by atoms with E-state index in [1.807, 2.05) is 25.1 Å². The van der Waals surface area contributed by atoms with E-state index in [0.717, 1.165) is 5.56 Å². The zero-order valence-electron chi connectivity index (χ0n) is 8.21. The first-order valence-corrected chi connectivity index (χ1v) is 5.54. The number of alkyl halides is 2. The van der Waals surface area contributed by atoms with Crippen LogP contribution in [0.4, 0.5) is 0 Å². The van der Waals surface area contributed by atoms with E-state index in [-0.39, 0.29) is 5.78 Å². The lowest BCUT2D eigenvalue weighted by Gasteiger charge is -2.32. The average molecular weight is 241 g/mol. The Morgan fingerprint density at radius 1 is 1.27 bits per heavy atom. The number of fused-ring (bicyclic) bond motifs is 1. The van der Waals surface area contributed by atoms with Crippen LogP contribution in [0.25, 0.3) is 0 Å². The quantitative estimate of drug-likeness (QED) is 0.687. The molecule has 0 heterocycles. The van der Waals surface area contributed by atoms with Gasteiger partial charge in [0, 0.05) is 11.0 Å². The van der Waals surface area contributed by atoms with Gasteiger partial charge in [-0.15, -0.1) is 23.2 Å². The second kappa shape index (κ2) is 3.66. The first-order chi connectivity index (χ1) is 7.05. The molecule has 1 aromatic rings. The summed E-state index contributed by atoms with van der Waals surface area (Å²) in [5, 5.41) is 0. The molecule has 0 unspecified atom stereocenters. The van der Waals surface area contributed by atoms with Crippen molar-refractivity contribution >= 4 is 29.0 Å². The molecule has 1 aromatic carbocycles. The third-order valence-electron chi connectivity index (χ3n) is 2.81. The lowest BCUT2D eigenvalue weighted by molar-refractivity contribution is 0.104. The van der Waals surface area contributed by atoms with E-state index < -0.39 is 10.3 Å². The molecule has 0 aliphatic heterocycles. The van der Waals surface area contributed by atoms with Crippen molar-refractivity contribution in [3.05, 3.63) is 47.5 Å². The van der Waals surface area contributed by atoms with Crippen molar-refractivity contribution in [3.63, 3.8) is 0 Å². The second-order valence-corrected chi connectivity index (χ2v) is 4.92. The van der Waals surface area contributed by atoms with Gasteiger partial charge in [-0.1, -0.05) is 30.3 Å². The van der Waals surface area contributed by atoms with E-state index in [9.17, 15) is 4.79 Å². The molecule has 0 spiro atoms. The summed E-state index contributed by atoms with van der Waals surface area (Å²) in [6.07, 6.45) is 3.32. The van der Waals surface area contributed by atoms with Crippen molar-refractivity contribution in [3.8, 4) is 0 Å². The topological polar surface area (TPSA) is 17.1 Å². The Balaban J connectivity index is 2.65. The summed E-state index contributed by atoms with van der Waals surface area (Å²) in [6, 6.07) is 7.43. The van der Waals surface area contributed by atoms with E-state index in [4.69, 9.17) is 23.2 Å². The molecule has 1 aliphatic carbocycles. The van der Waals surface area contributed by atoms with Gasteiger partial charge in [0.25, 0.3) is 0 Å². The van der Waals surface area contributed by atoms with Crippen LogP contribution < -0.4 is 0 Å². The summed E-state index contributed by atoms with van der Waals surface area (Å²) in [5.41, 5.74) is 1.11. The summed E-state index contributed by atoms with van der Waals surface area (Å²) < 4.78 is 0. The van der Waals surface area contributed by atoms with Gasteiger partial charge in [0.1, 0.15) is 4.84 Å². The highest BCUT2D eigenvalue weighted by Gasteiger charge is 2.36. The fraction of sp³-hybridized carbons (Fsp3) is 0.250. The molecule has 0 fully saturated rings. The molecule has 0 amide bonds. The lowest BCUT2D eigenvalue weighted by atomic mass is 9.76. The predicted molar refractivity (Wildman–Crippen MR) is 62.8 cm³/mol. The number of benzene rings is 1. The van der Waals surface area contributed by atoms with Gasteiger partial charge in [0.15, 0.2) is 5.78 Å². The van der Waals surface area contributed by atoms with Crippen LogP contribution >= 0.6 is 23.2 Å². The van der Waals surface area contributed by atoms with Crippen molar-refractivity contribution in [1.82, 2.24) is 0 Å². The maximum atomic E-state index is 11.6. The van der Waals surface area contributed by atoms with E-state index in [2.05, 4.69) is 0 Å². The number of allylic oxidation sites excluding steroid dienone is 2. The van der Waals surface area contributed by atoms with Crippen LogP contribution in [0.2, 0.25) is 0 Å². The number of carbonyl (C=O) groups excluding carboxylic acids is 1. The smallest absolute Gasteiger partial charge is 0.185 e. The van der Waals surface area contributed by atoms with E-state index in [0.29, 0.717) is 5.56 Å². The maximum absolute atomic E-state index is 11.6. The summed E-state index contributed by atoms with van der Waals surface area (Å²) in [6.45, 7) is 1.93. The van der Waals surface area contributed by atoms with E-state index >= 15 is 0 Å². The van der Waals surface area contributed by atoms with Crippen LogP contribution in [-0.4, -0.2) is 10.6 Å². The van der Waals surface area contributed by atoms with Crippen LogP contribution in [0.3, 0.4) is 0 Å². The fourth-order valence-electron chi connectivity index (χ4n) is 1.79. The highest BCUT2D eigenvalue weighted by atomic mass is 35.5. The Kier molecular flexibility index (Phi) is 2.61. The number of halogens is 2. The van der Waals surface area contributed by atoms with Gasteiger partial charge in [0.2, 0.25) is 0 Å². The predicted octanol–water partition coefficient (Wildman–Crippen LogP) is 3.50. The van der Waals surface area contributed by atoms with Gasteiger partial charge in [-0.05, 0) is 18.6 Å². The molecule has 0 bridgehead atoms. The normalized spacial score (nSPS) is 24.4. The molecular weight excluding hydrogens is 231 g/mol. The van der Waals surface area contributed by atoms with Crippen LogP contribution in [0.5, 0.6) is 0 Å². The summed E-state index contributed by atoms with van der Waals surface area (Å²) >= 11 is 12.0. The Morgan fingerprint density at radius 3 is 2.60 bits per heavy atom. The van der Waals surface area contributed by atoms with Crippen molar-refractivity contribution in [2.45, 2.75) is 17.2 Å². The third kappa shape index (κ3) is 1.60. The van der Waals surface area contributed by atoms with Gasteiger partial charge in [0.05, 0.1) is 0 Å². The Morgan fingerprint density at radius 2 is 1.93 bits per heavy atom. The van der Waals surface area contributed by atoms with Crippen molar-refractivity contribution in [2.24, 2.45) is 0 Å². The molecule has 1 nitrogen and oxygen atoms in total. The summed E-state index contributed by atoms with van der Waals surface area (Å²) in [5.74, 6) is 0.0112. The van der Waals surface area contributed by atoms with Crippen molar-refractivity contribution in [2.75, 3.05) is 0 Å². The fourth-order valence-corrected chi connectivity index (χ4v) is 2.17. The summed E-state index contributed by atoms with van der Waals surface area (Å²) in [7, 11) is 0. The first-order valence-electron chi connectivity index (χ1n) is 4.67. The zero-order chi connectivity index (χ0) is 11.1. The molecule has 78 valence electrons. The maximum Gasteiger partial charge on any atom is 0.185 e. The molecule has 0 aromatic heterocycles. The van der Waals surface area contributed by atoms with Gasteiger partial charge >= 0.3 is 0 Å². The lowest BCUT2D eigenvalue weighted by Crippen LogP contribution is -2.32. The van der Waals surface area contributed by atoms with Gasteiger partial charge in [-0.25, -0.2) is 0 Å². The monoisotopic (exact) mass is 240 g/mol. The molecule has 1 aliphatic rings. The molecule has 2 rings (SSSR count). The SMILES string of the molecule is C[C@]1(C(Cl)Cl)C=CC(=O)c2ccccc21. The second-order valence-electron chi connectivity index (χ2n) is 3.83. The van der Waals surface area contributed by atoms with Crippen molar-refractivity contribution in [1.29, 1.82) is 0 Å². The average Bonchev–Trinajstić information content (AvgIpc) is 2.24. The zero-order valence-corrected chi connectivity index (χ0v) is 9.72. The Labute approximate surface area is 98.7 Å². The number of ketones is 1.